The topological polar surface area (TPSA) is 15.3 Å². The molecule has 0 spiro atoms. The number of unbranched alkanes of at least 4 members (excludes halogenated alkanes) is 2. The van der Waals surface area contributed by atoms with Gasteiger partial charge in [0.2, 0.25) is 0 Å². The molecule has 2 heteroatoms. The lowest BCUT2D eigenvalue weighted by atomic mass is 10.1. The van der Waals surface area contributed by atoms with Gasteiger partial charge < -0.3 is 5.32 Å². The molecule has 0 aliphatic rings. The fourth-order valence-electron chi connectivity index (χ4n) is 2.46. The molecule has 21 heavy (non-hydrogen) atoms. The molecule has 0 heterocycles. The quantitative estimate of drug-likeness (QED) is 0.566. The Morgan fingerprint density at radius 3 is 1.90 bits per heavy atom. The average Bonchev–Trinajstić information content (AvgIpc) is 2.52. The third-order valence-corrected chi connectivity index (χ3v) is 3.84. The van der Waals surface area contributed by atoms with Crippen LogP contribution in [0.4, 0.5) is 0 Å². The van der Waals surface area contributed by atoms with E-state index in [0.717, 1.165) is 19.6 Å². The van der Waals surface area contributed by atoms with E-state index in [9.17, 15) is 0 Å². The van der Waals surface area contributed by atoms with Crippen molar-refractivity contribution in [2.24, 2.45) is 0 Å². The van der Waals surface area contributed by atoms with Gasteiger partial charge in [-0.3, -0.25) is 4.90 Å². The molecule has 0 saturated heterocycles. The van der Waals surface area contributed by atoms with Gasteiger partial charge >= 0.3 is 0 Å². The van der Waals surface area contributed by atoms with Crippen molar-refractivity contribution in [2.45, 2.75) is 66.0 Å². The summed E-state index contributed by atoms with van der Waals surface area (Å²) in [6.45, 7) is 12.4. The summed E-state index contributed by atoms with van der Waals surface area (Å²) in [4.78, 5) is 2.61. The van der Waals surface area contributed by atoms with Gasteiger partial charge in [0, 0.05) is 13.1 Å². The number of nitrogens with zero attached hydrogens (tertiary/aromatic N) is 1. The van der Waals surface area contributed by atoms with Gasteiger partial charge in [0.25, 0.3) is 0 Å². The third kappa shape index (κ3) is 8.23. The molecule has 0 radical (unpaired) electrons. The molecule has 120 valence electrons. The van der Waals surface area contributed by atoms with Crippen LogP contribution in [0.25, 0.3) is 0 Å². The highest BCUT2D eigenvalue weighted by Crippen LogP contribution is 2.10. The van der Waals surface area contributed by atoms with Crippen LogP contribution in [-0.4, -0.2) is 24.5 Å². The molecule has 1 aromatic carbocycles. The summed E-state index contributed by atoms with van der Waals surface area (Å²) in [5.41, 5.74) is 2.84. The lowest BCUT2D eigenvalue weighted by molar-refractivity contribution is 0.257. The highest BCUT2D eigenvalue weighted by molar-refractivity contribution is 5.22. The zero-order valence-corrected chi connectivity index (χ0v) is 14.3. The van der Waals surface area contributed by atoms with Crippen LogP contribution in [0.1, 0.15) is 64.0 Å². The van der Waals surface area contributed by atoms with Crippen LogP contribution < -0.4 is 5.32 Å². The SMILES string of the molecule is CCCCN(CCCC)Cc1ccc(CNCCC)cc1. The van der Waals surface area contributed by atoms with Crippen LogP contribution >= 0.6 is 0 Å². The van der Waals surface area contributed by atoms with E-state index in [1.165, 1.54) is 56.3 Å². The number of benzene rings is 1. The van der Waals surface area contributed by atoms with Crippen molar-refractivity contribution in [3.05, 3.63) is 35.4 Å². The monoisotopic (exact) mass is 290 g/mol. The Bertz CT molecular complexity index is 337. The molecule has 0 unspecified atom stereocenters. The van der Waals surface area contributed by atoms with Gasteiger partial charge in [-0.1, -0.05) is 57.9 Å². The Balaban J connectivity index is 2.45. The Hall–Kier alpha value is -0.860. The molecule has 2 nitrogen and oxygen atoms in total. The minimum absolute atomic E-state index is 0.990. The molecular weight excluding hydrogens is 256 g/mol. The zero-order valence-electron chi connectivity index (χ0n) is 14.3. The molecule has 0 bridgehead atoms. The summed E-state index contributed by atoms with van der Waals surface area (Å²) in [7, 11) is 0. The van der Waals surface area contributed by atoms with Gasteiger partial charge in [-0.25, -0.2) is 0 Å². The summed E-state index contributed by atoms with van der Waals surface area (Å²) in [5.74, 6) is 0. The third-order valence-electron chi connectivity index (χ3n) is 3.84. The van der Waals surface area contributed by atoms with E-state index in [4.69, 9.17) is 0 Å². The largest absolute Gasteiger partial charge is 0.313 e. The van der Waals surface area contributed by atoms with Crippen LogP contribution in [0.15, 0.2) is 24.3 Å². The summed E-state index contributed by atoms with van der Waals surface area (Å²) >= 11 is 0. The molecule has 0 aromatic heterocycles. The van der Waals surface area contributed by atoms with Crippen LogP contribution in [0.5, 0.6) is 0 Å². The van der Waals surface area contributed by atoms with Crippen molar-refractivity contribution >= 4 is 0 Å². The maximum atomic E-state index is 3.46. The lowest BCUT2D eigenvalue weighted by Gasteiger charge is -2.22. The number of rotatable bonds is 12. The standard InChI is InChI=1S/C19H34N2/c1-4-7-14-21(15-8-5-2)17-19-11-9-18(10-12-19)16-20-13-6-3/h9-12,20H,4-8,13-17H2,1-3H3. The second-order valence-electron chi connectivity index (χ2n) is 5.98. The minimum atomic E-state index is 0.990. The molecule has 0 aliphatic heterocycles. The molecule has 0 aliphatic carbocycles. The van der Waals surface area contributed by atoms with Crippen LogP contribution in [-0.2, 0) is 13.1 Å². The summed E-state index contributed by atoms with van der Waals surface area (Å²) in [6, 6.07) is 9.15. The molecular formula is C19H34N2. The Morgan fingerprint density at radius 1 is 0.810 bits per heavy atom. The van der Waals surface area contributed by atoms with Crippen molar-refractivity contribution in [1.82, 2.24) is 10.2 Å². The molecule has 0 amide bonds. The van der Waals surface area contributed by atoms with E-state index in [-0.39, 0.29) is 0 Å². The van der Waals surface area contributed by atoms with E-state index in [0.29, 0.717) is 0 Å². The minimum Gasteiger partial charge on any atom is -0.313 e. The van der Waals surface area contributed by atoms with E-state index >= 15 is 0 Å². The van der Waals surface area contributed by atoms with E-state index in [2.05, 4.69) is 55.3 Å². The average molecular weight is 290 g/mol. The number of hydrogen-bond acceptors (Lipinski definition) is 2. The number of nitrogens with one attached hydrogen (secondary N) is 1. The predicted molar refractivity (Wildman–Crippen MR) is 93.5 cm³/mol. The smallest absolute Gasteiger partial charge is 0.0233 e. The first-order chi connectivity index (χ1) is 10.3. The fourth-order valence-corrected chi connectivity index (χ4v) is 2.46. The van der Waals surface area contributed by atoms with E-state index < -0.39 is 0 Å². The van der Waals surface area contributed by atoms with Crippen LogP contribution in [0.2, 0.25) is 0 Å². The predicted octanol–water partition coefficient (Wildman–Crippen LogP) is 4.59. The van der Waals surface area contributed by atoms with Crippen molar-refractivity contribution < 1.29 is 0 Å². The Kier molecular flexibility index (Phi) is 10.2. The second kappa shape index (κ2) is 11.8. The maximum Gasteiger partial charge on any atom is 0.0233 e. The van der Waals surface area contributed by atoms with Gasteiger partial charge in [-0.05, 0) is 50.0 Å². The first-order valence-electron chi connectivity index (χ1n) is 8.81. The van der Waals surface area contributed by atoms with Gasteiger partial charge in [-0.2, -0.15) is 0 Å². The van der Waals surface area contributed by atoms with Crippen LogP contribution in [0.3, 0.4) is 0 Å². The first kappa shape index (κ1) is 18.2. The molecule has 0 fully saturated rings. The van der Waals surface area contributed by atoms with Crippen molar-refractivity contribution in [1.29, 1.82) is 0 Å². The fraction of sp³-hybridized carbons (Fsp3) is 0.684. The first-order valence-corrected chi connectivity index (χ1v) is 8.81. The Labute approximate surface area is 131 Å². The highest BCUT2D eigenvalue weighted by Gasteiger charge is 2.05. The van der Waals surface area contributed by atoms with Crippen LogP contribution in [0, 0.1) is 0 Å². The zero-order chi connectivity index (χ0) is 15.3. The Morgan fingerprint density at radius 2 is 1.38 bits per heavy atom. The maximum absolute atomic E-state index is 3.46. The van der Waals surface area contributed by atoms with Crippen molar-refractivity contribution in [3.8, 4) is 0 Å². The summed E-state index contributed by atoms with van der Waals surface area (Å²) in [5, 5.41) is 3.46. The van der Waals surface area contributed by atoms with Crippen molar-refractivity contribution in [2.75, 3.05) is 19.6 Å². The van der Waals surface area contributed by atoms with Crippen molar-refractivity contribution in [3.63, 3.8) is 0 Å². The van der Waals surface area contributed by atoms with Gasteiger partial charge in [-0.15, -0.1) is 0 Å². The van der Waals surface area contributed by atoms with Gasteiger partial charge in [0.15, 0.2) is 0 Å². The molecule has 0 saturated carbocycles. The van der Waals surface area contributed by atoms with E-state index in [1.54, 1.807) is 0 Å². The molecule has 1 rings (SSSR count). The van der Waals surface area contributed by atoms with Gasteiger partial charge in [0.1, 0.15) is 0 Å². The normalized spacial score (nSPS) is 11.2. The molecule has 1 aromatic rings. The molecule has 0 atom stereocenters. The van der Waals surface area contributed by atoms with E-state index in [1.807, 2.05) is 0 Å². The summed E-state index contributed by atoms with van der Waals surface area (Å²) < 4.78 is 0. The number of hydrogen-bond donors (Lipinski definition) is 1. The van der Waals surface area contributed by atoms with Gasteiger partial charge in [0.05, 0.1) is 0 Å². The lowest BCUT2D eigenvalue weighted by Crippen LogP contribution is -2.25. The molecule has 1 N–H and O–H groups in total. The highest BCUT2D eigenvalue weighted by atomic mass is 15.1. The second-order valence-corrected chi connectivity index (χ2v) is 5.98. The summed E-state index contributed by atoms with van der Waals surface area (Å²) in [6.07, 6.45) is 6.38.